The lowest BCUT2D eigenvalue weighted by atomic mass is 9.84. The smallest absolute Gasteiger partial charge is 0.329 e. The van der Waals surface area contributed by atoms with Gasteiger partial charge in [-0.15, -0.1) is 0 Å². The van der Waals surface area contributed by atoms with E-state index in [1.165, 1.54) is 7.11 Å². The van der Waals surface area contributed by atoms with Crippen LogP contribution in [0.5, 0.6) is 0 Å². The first kappa shape index (κ1) is 36.4. The van der Waals surface area contributed by atoms with Gasteiger partial charge in [0.05, 0.1) is 39.9 Å². The van der Waals surface area contributed by atoms with Crippen molar-refractivity contribution in [3.05, 3.63) is 102 Å². The molecular weight excluding hydrogens is 694 g/mol. The van der Waals surface area contributed by atoms with E-state index in [0.717, 1.165) is 54.8 Å². The van der Waals surface area contributed by atoms with Gasteiger partial charge in [0, 0.05) is 53.7 Å². The number of rotatable bonds is 14. The van der Waals surface area contributed by atoms with Crippen LogP contribution in [0.1, 0.15) is 60.5 Å². The molecule has 1 aliphatic heterocycles. The molecule has 256 valence electrons. The number of piperidine rings is 1. The largest absolute Gasteiger partial charge is 0.399 e. The van der Waals surface area contributed by atoms with E-state index >= 15 is 0 Å². The quantitative estimate of drug-likeness (QED) is 0.0736. The number of fused-ring (bicyclic) bond motifs is 1. The number of likely N-dealkylation sites (tertiary alicyclic amines) is 1. The van der Waals surface area contributed by atoms with Crippen LogP contribution in [-0.4, -0.2) is 66.0 Å². The van der Waals surface area contributed by atoms with Crippen LogP contribution in [-0.2, 0) is 16.1 Å². The van der Waals surface area contributed by atoms with Crippen molar-refractivity contribution in [3.63, 3.8) is 0 Å². The number of Topliss-reactive ketones (excluding diaryl/α,β-unsaturated/α-hetero) is 1. The van der Waals surface area contributed by atoms with Gasteiger partial charge in [0.25, 0.3) is 0 Å². The minimum atomic E-state index is -0.418. The summed E-state index contributed by atoms with van der Waals surface area (Å²) in [6.45, 7) is 5.31. The second-order valence-electron chi connectivity index (χ2n) is 12.3. The van der Waals surface area contributed by atoms with Gasteiger partial charge in [0.1, 0.15) is 7.11 Å². The molecule has 48 heavy (non-hydrogen) atoms. The SMILES string of the molecule is COCCn1c(=O)n(C2CCN(CC[C@@H](/C(CC(C)C(=O)c3cc(Cl)cc(Cl)c3)=N/OC)c3ccc(Cl)c(Cl)c3)CC2)c2ccccc21. The second-order valence-corrected chi connectivity index (χ2v) is 14.0. The van der Waals surface area contributed by atoms with Gasteiger partial charge in [-0.1, -0.05) is 76.7 Å². The normalized spacial score (nSPS) is 15.9. The summed E-state index contributed by atoms with van der Waals surface area (Å²) in [5, 5.41) is 6.17. The summed E-state index contributed by atoms with van der Waals surface area (Å²) >= 11 is 25.2. The number of ether oxygens (including phenoxy) is 1. The van der Waals surface area contributed by atoms with Gasteiger partial charge in [-0.2, -0.15) is 0 Å². The highest BCUT2D eigenvalue weighted by Gasteiger charge is 2.29. The maximum absolute atomic E-state index is 13.6. The zero-order chi connectivity index (χ0) is 34.4. The van der Waals surface area contributed by atoms with Crippen molar-refractivity contribution in [3.8, 4) is 0 Å². The molecule has 2 atom stereocenters. The standard InChI is InChI=1S/C36H40Cl4N4O4/c1-23(35(45)25-19-26(37)22-27(38)20-25)18-32(41-48-3)29(24-8-9-30(39)31(40)21-24)12-15-42-13-10-28(11-14-42)44-34-7-5-4-6-33(34)43(36(44)46)16-17-47-2/h4-9,19-23,28-29H,10-18H2,1-3H3/b41-32+/t23?,29-/m1/s1. The van der Waals surface area contributed by atoms with Crippen LogP contribution >= 0.6 is 46.4 Å². The number of halogens is 4. The highest BCUT2D eigenvalue weighted by atomic mass is 35.5. The molecule has 1 aliphatic rings. The Labute approximate surface area is 301 Å². The number of hydrogen-bond acceptors (Lipinski definition) is 6. The predicted octanol–water partition coefficient (Wildman–Crippen LogP) is 8.79. The molecule has 0 aliphatic carbocycles. The highest BCUT2D eigenvalue weighted by molar-refractivity contribution is 6.42. The van der Waals surface area contributed by atoms with Crippen molar-refractivity contribution in [2.75, 3.05) is 40.5 Å². The average Bonchev–Trinajstić information content (AvgIpc) is 3.35. The van der Waals surface area contributed by atoms with E-state index in [-0.39, 0.29) is 23.4 Å². The Morgan fingerprint density at radius 1 is 0.917 bits per heavy atom. The molecule has 0 radical (unpaired) electrons. The number of methoxy groups -OCH3 is 1. The van der Waals surface area contributed by atoms with E-state index in [1.807, 2.05) is 52.5 Å². The van der Waals surface area contributed by atoms with Gasteiger partial charge < -0.3 is 14.5 Å². The maximum Gasteiger partial charge on any atom is 0.329 e. The number of ketones is 1. The van der Waals surface area contributed by atoms with E-state index < -0.39 is 5.92 Å². The fourth-order valence-corrected chi connectivity index (χ4v) is 7.53. The Bertz CT molecular complexity index is 1810. The van der Waals surface area contributed by atoms with Gasteiger partial charge in [0.15, 0.2) is 5.78 Å². The van der Waals surface area contributed by atoms with E-state index in [0.29, 0.717) is 51.6 Å². The number of benzene rings is 3. The first-order chi connectivity index (χ1) is 23.1. The summed E-state index contributed by atoms with van der Waals surface area (Å²) in [7, 11) is 3.15. The van der Waals surface area contributed by atoms with E-state index in [1.54, 1.807) is 31.4 Å². The summed E-state index contributed by atoms with van der Waals surface area (Å²) in [6, 6.07) is 18.5. The van der Waals surface area contributed by atoms with Gasteiger partial charge in [0.2, 0.25) is 0 Å². The molecule has 0 bridgehead atoms. The first-order valence-corrected chi connectivity index (χ1v) is 17.6. The minimum Gasteiger partial charge on any atom is -0.399 e. The Balaban J connectivity index is 1.32. The van der Waals surface area contributed by atoms with E-state index in [2.05, 4.69) is 10.1 Å². The van der Waals surface area contributed by atoms with Crippen LogP contribution < -0.4 is 5.69 Å². The first-order valence-electron chi connectivity index (χ1n) is 16.1. The Kier molecular flexibility index (Phi) is 12.7. The van der Waals surface area contributed by atoms with Crippen LogP contribution in [0.3, 0.4) is 0 Å². The Morgan fingerprint density at radius 2 is 1.60 bits per heavy atom. The second kappa shape index (κ2) is 16.7. The lowest BCUT2D eigenvalue weighted by Gasteiger charge is -2.33. The molecule has 1 unspecified atom stereocenters. The topological polar surface area (TPSA) is 78.1 Å². The van der Waals surface area contributed by atoms with Gasteiger partial charge in [-0.05, 0) is 80.3 Å². The number of hydrogen-bond donors (Lipinski definition) is 0. The molecule has 0 saturated carbocycles. The number of para-hydroxylation sites is 2. The van der Waals surface area contributed by atoms with Crippen LogP contribution in [0.25, 0.3) is 11.0 Å². The zero-order valence-electron chi connectivity index (χ0n) is 27.3. The fourth-order valence-electron chi connectivity index (χ4n) is 6.70. The Hall–Kier alpha value is -2.85. The molecule has 4 aromatic rings. The molecule has 1 fully saturated rings. The minimum absolute atomic E-state index is 0.00973. The van der Waals surface area contributed by atoms with Crippen LogP contribution in [0.4, 0.5) is 0 Å². The predicted molar refractivity (Wildman–Crippen MR) is 196 cm³/mol. The number of nitrogens with zero attached hydrogens (tertiary/aromatic N) is 4. The summed E-state index contributed by atoms with van der Waals surface area (Å²) in [5.74, 6) is -0.687. The molecule has 0 amide bonds. The fraction of sp³-hybridized carbons (Fsp3) is 0.417. The van der Waals surface area contributed by atoms with Gasteiger partial charge >= 0.3 is 5.69 Å². The van der Waals surface area contributed by atoms with Crippen molar-refractivity contribution in [1.82, 2.24) is 14.0 Å². The van der Waals surface area contributed by atoms with Crippen LogP contribution in [0, 0.1) is 5.92 Å². The van der Waals surface area contributed by atoms with Crippen molar-refractivity contribution < 1.29 is 14.4 Å². The van der Waals surface area contributed by atoms with Crippen molar-refractivity contribution in [1.29, 1.82) is 0 Å². The van der Waals surface area contributed by atoms with Gasteiger partial charge in [-0.25, -0.2) is 4.79 Å². The summed E-state index contributed by atoms with van der Waals surface area (Å²) in [6.07, 6.45) is 2.77. The number of aromatic nitrogens is 2. The monoisotopic (exact) mass is 732 g/mol. The third kappa shape index (κ3) is 8.47. The summed E-state index contributed by atoms with van der Waals surface area (Å²) in [5.41, 5.74) is 4.02. The molecule has 1 saturated heterocycles. The lowest BCUT2D eigenvalue weighted by molar-refractivity contribution is 0.0932. The number of carbonyl (C=O) groups excluding carboxylic acids is 1. The van der Waals surface area contributed by atoms with Crippen molar-refractivity contribution in [2.45, 2.75) is 51.1 Å². The zero-order valence-corrected chi connectivity index (χ0v) is 30.3. The highest BCUT2D eigenvalue weighted by Crippen LogP contribution is 2.33. The molecule has 8 nitrogen and oxygen atoms in total. The molecule has 5 rings (SSSR count). The van der Waals surface area contributed by atoms with E-state index in [9.17, 15) is 9.59 Å². The third-order valence-electron chi connectivity index (χ3n) is 9.11. The molecule has 12 heteroatoms. The Morgan fingerprint density at radius 3 is 2.25 bits per heavy atom. The lowest BCUT2D eigenvalue weighted by Crippen LogP contribution is -2.39. The van der Waals surface area contributed by atoms with Crippen LogP contribution in [0.15, 0.2) is 70.6 Å². The third-order valence-corrected chi connectivity index (χ3v) is 10.3. The molecule has 0 spiro atoms. The number of carbonyl (C=O) groups is 1. The molecule has 2 heterocycles. The van der Waals surface area contributed by atoms with Crippen molar-refractivity contribution >= 4 is 68.9 Å². The van der Waals surface area contributed by atoms with Crippen LogP contribution in [0.2, 0.25) is 20.1 Å². The van der Waals surface area contributed by atoms with Gasteiger partial charge in [-0.3, -0.25) is 13.9 Å². The number of oxime groups is 1. The molecular formula is C36H40Cl4N4O4. The van der Waals surface area contributed by atoms with Crippen molar-refractivity contribution in [2.24, 2.45) is 11.1 Å². The number of imidazole rings is 1. The summed E-state index contributed by atoms with van der Waals surface area (Å²) < 4.78 is 9.05. The molecule has 0 N–H and O–H groups in total. The molecule has 3 aromatic carbocycles. The van der Waals surface area contributed by atoms with E-state index in [4.69, 9.17) is 56.0 Å². The maximum atomic E-state index is 13.6. The summed E-state index contributed by atoms with van der Waals surface area (Å²) in [4.78, 5) is 34.8. The average molecular weight is 735 g/mol. The molecule has 1 aromatic heterocycles.